The highest BCUT2D eigenvalue weighted by atomic mass is 35.5. The summed E-state index contributed by atoms with van der Waals surface area (Å²) in [5, 5.41) is 11.4. The van der Waals surface area contributed by atoms with Crippen molar-refractivity contribution in [3.63, 3.8) is 0 Å². The zero-order chi connectivity index (χ0) is 16.4. The molecule has 2 heterocycles. The van der Waals surface area contributed by atoms with E-state index in [1.807, 2.05) is 0 Å². The third-order valence-electron chi connectivity index (χ3n) is 3.21. The second-order valence-corrected chi connectivity index (χ2v) is 5.21. The van der Waals surface area contributed by atoms with Crippen LogP contribution in [0.2, 0.25) is 5.02 Å². The van der Waals surface area contributed by atoms with Crippen molar-refractivity contribution in [1.82, 2.24) is 4.98 Å². The molecule has 0 radical (unpaired) electrons. The van der Waals surface area contributed by atoms with E-state index >= 15 is 0 Å². The minimum atomic E-state index is -0.621. The van der Waals surface area contributed by atoms with E-state index < -0.39 is 10.9 Å². The van der Waals surface area contributed by atoms with Crippen molar-refractivity contribution >= 4 is 23.3 Å². The van der Waals surface area contributed by atoms with Gasteiger partial charge in [-0.15, -0.1) is 0 Å². The number of nitrogens with zero attached hydrogens (tertiary/aromatic N) is 1. The van der Waals surface area contributed by atoms with Crippen LogP contribution in [-0.2, 0) is 22.7 Å². The second-order valence-electron chi connectivity index (χ2n) is 4.77. The monoisotopic (exact) mass is 338 g/mol. The predicted molar refractivity (Wildman–Crippen MR) is 78.3 cm³/mol. The van der Waals surface area contributed by atoms with Gasteiger partial charge in [-0.2, -0.15) is 0 Å². The molecule has 2 aromatic rings. The summed E-state index contributed by atoms with van der Waals surface area (Å²) in [4.78, 5) is 25.0. The van der Waals surface area contributed by atoms with Gasteiger partial charge in [0.1, 0.15) is 18.1 Å². The van der Waals surface area contributed by atoms with Gasteiger partial charge >= 0.3 is 5.97 Å². The highest BCUT2D eigenvalue weighted by molar-refractivity contribution is 6.30. The summed E-state index contributed by atoms with van der Waals surface area (Å²) in [6.07, 6.45) is 1.45. The average Bonchev–Trinajstić information content (AvgIpc) is 2.98. The Morgan fingerprint density at radius 1 is 1.43 bits per heavy atom. The van der Waals surface area contributed by atoms with Gasteiger partial charge in [0.05, 0.1) is 16.6 Å². The zero-order valence-corrected chi connectivity index (χ0v) is 12.5. The molecule has 1 aromatic carbocycles. The quantitative estimate of drug-likeness (QED) is 0.522. The maximum Gasteiger partial charge on any atom is 0.355 e. The Bertz CT molecular complexity index is 773. The molecule has 9 heteroatoms. The van der Waals surface area contributed by atoms with Crippen molar-refractivity contribution in [3.8, 4) is 5.75 Å². The van der Waals surface area contributed by atoms with E-state index in [0.717, 1.165) is 0 Å². The van der Waals surface area contributed by atoms with E-state index in [2.05, 4.69) is 4.98 Å². The lowest BCUT2D eigenvalue weighted by atomic mass is 10.1. The van der Waals surface area contributed by atoms with Crippen molar-refractivity contribution < 1.29 is 23.9 Å². The number of rotatable bonds is 4. The molecule has 0 fully saturated rings. The first kappa shape index (κ1) is 15.3. The molecule has 0 saturated heterocycles. The van der Waals surface area contributed by atoms with Gasteiger partial charge in [-0.25, -0.2) is 4.79 Å². The molecule has 0 unspecified atom stereocenters. The fourth-order valence-electron chi connectivity index (χ4n) is 2.20. The van der Waals surface area contributed by atoms with Crippen LogP contribution in [0.25, 0.3) is 0 Å². The van der Waals surface area contributed by atoms with E-state index in [4.69, 9.17) is 25.8 Å². The first-order valence-electron chi connectivity index (χ1n) is 6.56. The number of esters is 1. The van der Waals surface area contributed by atoms with Crippen LogP contribution in [0.5, 0.6) is 5.75 Å². The van der Waals surface area contributed by atoms with E-state index in [1.165, 1.54) is 24.4 Å². The Morgan fingerprint density at radius 2 is 2.26 bits per heavy atom. The topological polar surface area (TPSA) is 104 Å². The van der Waals surface area contributed by atoms with Crippen LogP contribution in [0.3, 0.4) is 0 Å². The number of aromatic amines is 1. The number of ether oxygens (including phenoxy) is 3. The normalized spacial score (nSPS) is 13.1. The minimum absolute atomic E-state index is 0.0397. The van der Waals surface area contributed by atoms with Crippen LogP contribution in [0.1, 0.15) is 21.6 Å². The smallest absolute Gasteiger partial charge is 0.355 e. The fraction of sp³-hybridized carbons (Fsp3) is 0.214. The molecule has 23 heavy (non-hydrogen) atoms. The lowest BCUT2D eigenvalue weighted by molar-refractivity contribution is -0.385. The van der Waals surface area contributed by atoms with Crippen LogP contribution in [-0.4, -0.2) is 22.7 Å². The Morgan fingerprint density at radius 3 is 2.96 bits per heavy atom. The molecule has 0 saturated carbocycles. The van der Waals surface area contributed by atoms with Crippen LogP contribution in [0, 0.1) is 10.1 Å². The van der Waals surface area contributed by atoms with Gasteiger partial charge in [-0.05, 0) is 6.07 Å². The Hall–Kier alpha value is -2.58. The van der Waals surface area contributed by atoms with Crippen molar-refractivity contribution in [1.29, 1.82) is 0 Å². The maximum absolute atomic E-state index is 11.9. The molecular formula is C14H11ClN2O6. The Balaban J connectivity index is 1.82. The summed E-state index contributed by atoms with van der Waals surface area (Å²) < 4.78 is 15.6. The number of aromatic nitrogens is 1. The van der Waals surface area contributed by atoms with Gasteiger partial charge in [-0.1, -0.05) is 11.6 Å². The standard InChI is InChI=1S/C14H11ClN2O6/c15-10-3-12(16-4-10)14(18)22-6-9-2-11(17(19)20)1-8-5-21-7-23-13(8)9/h1-4,16H,5-7H2. The molecule has 1 aliphatic rings. The molecule has 1 aromatic heterocycles. The summed E-state index contributed by atoms with van der Waals surface area (Å²) in [5.74, 6) is -0.177. The molecule has 0 amide bonds. The number of fused-ring (bicyclic) bond motifs is 1. The average molecular weight is 339 g/mol. The van der Waals surface area contributed by atoms with Gasteiger partial charge in [0, 0.05) is 29.5 Å². The molecule has 3 rings (SSSR count). The van der Waals surface area contributed by atoms with Crippen LogP contribution >= 0.6 is 11.6 Å². The number of carbonyl (C=O) groups excluding carboxylic acids is 1. The van der Waals surface area contributed by atoms with E-state index in [0.29, 0.717) is 21.9 Å². The van der Waals surface area contributed by atoms with Gasteiger partial charge < -0.3 is 19.2 Å². The lowest BCUT2D eigenvalue weighted by Gasteiger charge is -2.20. The maximum atomic E-state index is 11.9. The molecule has 120 valence electrons. The molecule has 0 atom stereocenters. The molecular weight excluding hydrogens is 328 g/mol. The molecule has 0 aliphatic carbocycles. The lowest BCUT2D eigenvalue weighted by Crippen LogP contribution is -2.15. The third-order valence-corrected chi connectivity index (χ3v) is 3.43. The number of hydrogen-bond acceptors (Lipinski definition) is 6. The van der Waals surface area contributed by atoms with Crippen LogP contribution < -0.4 is 4.74 Å². The number of nitrogens with one attached hydrogen (secondary N) is 1. The number of nitro benzene ring substituents is 1. The van der Waals surface area contributed by atoms with Crippen LogP contribution in [0.15, 0.2) is 24.4 Å². The first-order chi connectivity index (χ1) is 11.0. The van der Waals surface area contributed by atoms with Crippen LogP contribution in [0.4, 0.5) is 5.69 Å². The molecule has 8 nitrogen and oxygen atoms in total. The molecule has 0 spiro atoms. The highest BCUT2D eigenvalue weighted by Crippen LogP contribution is 2.33. The van der Waals surface area contributed by atoms with Gasteiger partial charge in [0.25, 0.3) is 5.69 Å². The number of hydrogen-bond donors (Lipinski definition) is 1. The number of nitro groups is 1. The van der Waals surface area contributed by atoms with Crippen molar-refractivity contribution in [2.45, 2.75) is 13.2 Å². The van der Waals surface area contributed by atoms with Crippen molar-refractivity contribution in [3.05, 3.63) is 56.4 Å². The minimum Gasteiger partial charge on any atom is -0.467 e. The fourth-order valence-corrected chi connectivity index (χ4v) is 2.36. The Labute approximate surface area is 135 Å². The van der Waals surface area contributed by atoms with E-state index in [-0.39, 0.29) is 31.4 Å². The summed E-state index contributed by atoms with van der Waals surface area (Å²) in [6.45, 7) is 0.0711. The largest absolute Gasteiger partial charge is 0.467 e. The van der Waals surface area contributed by atoms with Crippen molar-refractivity contribution in [2.24, 2.45) is 0 Å². The van der Waals surface area contributed by atoms with Gasteiger partial charge in [0.15, 0.2) is 6.79 Å². The summed E-state index contributed by atoms with van der Waals surface area (Å²) >= 11 is 5.72. The number of carbonyl (C=O) groups is 1. The number of H-pyrrole nitrogens is 1. The molecule has 0 bridgehead atoms. The molecule has 1 aliphatic heterocycles. The van der Waals surface area contributed by atoms with Gasteiger partial charge in [0.2, 0.25) is 0 Å². The van der Waals surface area contributed by atoms with Gasteiger partial charge in [-0.3, -0.25) is 10.1 Å². The first-order valence-corrected chi connectivity index (χ1v) is 6.94. The number of halogens is 1. The number of non-ortho nitro benzene ring substituents is 1. The van der Waals surface area contributed by atoms with Crippen molar-refractivity contribution in [2.75, 3.05) is 6.79 Å². The highest BCUT2D eigenvalue weighted by Gasteiger charge is 2.22. The predicted octanol–water partition coefficient (Wildman–Crippen LogP) is 2.80. The third kappa shape index (κ3) is 3.27. The summed E-state index contributed by atoms with van der Waals surface area (Å²) in [5.41, 5.74) is 1.02. The second kappa shape index (κ2) is 6.27. The summed E-state index contributed by atoms with van der Waals surface area (Å²) in [7, 11) is 0. The SMILES string of the molecule is O=C(OCc1cc([N+](=O)[O-])cc2c1OCOC2)c1cc(Cl)c[nH]1. The molecule has 1 N–H and O–H groups in total. The van der Waals surface area contributed by atoms with E-state index in [1.54, 1.807) is 0 Å². The summed E-state index contributed by atoms with van der Waals surface area (Å²) in [6, 6.07) is 4.13. The number of benzene rings is 1. The van der Waals surface area contributed by atoms with E-state index in [9.17, 15) is 14.9 Å². The Kier molecular flexibility index (Phi) is 4.18. The zero-order valence-electron chi connectivity index (χ0n) is 11.7.